The first-order valence-electron chi connectivity index (χ1n) is 10.5. The van der Waals surface area contributed by atoms with Crippen LogP contribution >= 0.6 is 0 Å². The Kier molecular flexibility index (Phi) is 5.24. The summed E-state index contributed by atoms with van der Waals surface area (Å²) in [5.41, 5.74) is 0.564. The molecule has 1 unspecified atom stereocenters. The van der Waals surface area contributed by atoms with Crippen molar-refractivity contribution in [2.24, 2.45) is 0 Å². The van der Waals surface area contributed by atoms with E-state index in [0.717, 1.165) is 10.5 Å². The molecule has 1 aliphatic rings. The van der Waals surface area contributed by atoms with Gasteiger partial charge in [0.25, 0.3) is 0 Å². The quantitative estimate of drug-likeness (QED) is 0.418. The molecule has 0 aliphatic carbocycles. The first-order valence-corrected chi connectivity index (χ1v) is 10.5. The molecule has 1 atom stereocenters. The molecular weight excluding hydrogens is 414 g/mol. The number of benzene rings is 3. The number of hydrogen-bond acceptors (Lipinski definition) is 3. The number of hydrogen-bond donors (Lipinski definition) is 1. The molecule has 2 heterocycles. The number of para-hydroxylation sites is 2. The number of rotatable bonds is 5. The number of urea groups is 2. The third-order valence-electron chi connectivity index (χ3n) is 5.51. The van der Waals surface area contributed by atoms with E-state index in [0.29, 0.717) is 17.1 Å². The van der Waals surface area contributed by atoms with E-state index in [9.17, 15) is 9.59 Å². The van der Waals surface area contributed by atoms with Crippen molar-refractivity contribution in [2.45, 2.75) is 5.66 Å². The minimum Gasteiger partial charge on any atom is -0.465 e. The molecular formula is C27H21N3O3. The molecule has 0 spiro atoms. The summed E-state index contributed by atoms with van der Waals surface area (Å²) in [5, 5.41) is 3.10. The number of amides is 4. The fraction of sp³-hybridized carbons (Fsp3) is 0.0370. The highest BCUT2D eigenvalue weighted by atomic mass is 16.3. The van der Waals surface area contributed by atoms with Crippen LogP contribution in [0.3, 0.4) is 0 Å². The number of carbonyl (C=O) groups excluding carboxylic acids is 2. The summed E-state index contributed by atoms with van der Waals surface area (Å²) in [6.07, 6.45) is 5.12. The van der Waals surface area contributed by atoms with Gasteiger partial charge in [0.2, 0.25) is 0 Å². The number of nitrogens with one attached hydrogen (secondary N) is 1. The van der Waals surface area contributed by atoms with Gasteiger partial charge in [-0.15, -0.1) is 0 Å². The molecule has 162 valence electrons. The molecule has 0 bridgehead atoms. The monoisotopic (exact) mass is 435 g/mol. The maximum absolute atomic E-state index is 14.0. The lowest BCUT2D eigenvalue weighted by Gasteiger charge is -2.48. The van der Waals surface area contributed by atoms with Gasteiger partial charge in [-0.2, -0.15) is 0 Å². The predicted octanol–water partition coefficient (Wildman–Crippen LogP) is 6.00. The van der Waals surface area contributed by atoms with Gasteiger partial charge in [0, 0.05) is 11.3 Å². The van der Waals surface area contributed by atoms with Gasteiger partial charge >= 0.3 is 12.1 Å². The van der Waals surface area contributed by atoms with E-state index in [2.05, 4.69) is 5.32 Å². The van der Waals surface area contributed by atoms with Crippen LogP contribution in [0.1, 0.15) is 11.3 Å². The maximum Gasteiger partial charge on any atom is 0.339 e. The summed E-state index contributed by atoms with van der Waals surface area (Å²) in [6, 6.07) is 30.2. The Labute approximate surface area is 191 Å². The number of imide groups is 1. The number of anilines is 2. The molecule has 6 heteroatoms. The van der Waals surface area contributed by atoms with Gasteiger partial charge in [0.05, 0.1) is 12.0 Å². The van der Waals surface area contributed by atoms with Crippen LogP contribution in [0.2, 0.25) is 0 Å². The zero-order chi connectivity index (χ0) is 22.7. The van der Waals surface area contributed by atoms with Crippen LogP contribution in [-0.2, 0) is 5.66 Å². The average molecular weight is 435 g/mol. The molecule has 4 amide bonds. The van der Waals surface area contributed by atoms with E-state index in [1.54, 1.807) is 53.6 Å². The first kappa shape index (κ1) is 20.3. The lowest BCUT2D eigenvalue weighted by atomic mass is 9.94. The summed E-state index contributed by atoms with van der Waals surface area (Å²) >= 11 is 0. The summed E-state index contributed by atoms with van der Waals surface area (Å²) in [7, 11) is 0. The van der Waals surface area contributed by atoms with Crippen molar-refractivity contribution in [3.05, 3.63) is 127 Å². The Balaban J connectivity index is 1.72. The standard InChI is InChI=1S/C27H21N3O3/c31-25-28-27(21-11-4-1-5-12-21,19-18-24-17-10-20-33-24)30(23-15-8-3-9-16-23)26(32)29(25)22-13-6-2-7-14-22/h1-20H,(H,28,31)/b19-18+. The topological polar surface area (TPSA) is 65.8 Å². The highest BCUT2D eigenvalue weighted by molar-refractivity contribution is 6.22. The van der Waals surface area contributed by atoms with Crippen LogP contribution in [0.25, 0.3) is 6.08 Å². The minimum atomic E-state index is -1.28. The second kappa shape index (κ2) is 8.51. The highest BCUT2D eigenvalue weighted by Gasteiger charge is 2.50. The van der Waals surface area contributed by atoms with E-state index < -0.39 is 17.7 Å². The van der Waals surface area contributed by atoms with Crippen molar-refractivity contribution in [3.63, 3.8) is 0 Å². The van der Waals surface area contributed by atoms with Crippen LogP contribution in [0, 0.1) is 0 Å². The number of nitrogens with zero attached hydrogens (tertiary/aromatic N) is 2. The average Bonchev–Trinajstić information content (AvgIpc) is 3.38. The zero-order valence-electron chi connectivity index (χ0n) is 17.7. The molecule has 1 aliphatic heterocycles. The third kappa shape index (κ3) is 3.68. The van der Waals surface area contributed by atoms with Gasteiger partial charge in [-0.1, -0.05) is 66.7 Å². The summed E-state index contributed by atoms with van der Waals surface area (Å²) < 4.78 is 5.48. The van der Waals surface area contributed by atoms with E-state index in [1.165, 1.54) is 0 Å². The molecule has 0 saturated carbocycles. The Morgan fingerprint density at radius 3 is 1.94 bits per heavy atom. The van der Waals surface area contributed by atoms with Gasteiger partial charge in [0.1, 0.15) is 5.76 Å². The largest absolute Gasteiger partial charge is 0.465 e. The van der Waals surface area contributed by atoms with E-state index >= 15 is 0 Å². The smallest absolute Gasteiger partial charge is 0.339 e. The Hall–Kier alpha value is -4.58. The van der Waals surface area contributed by atoms with Crippen molar-refractivity contribution in [2.75, 3.05) is 9.80 Å². The molecule has 1 fully saturated rings. The van der Waals surface area contributed by atoms with Crippen LogP contribution in [0.15, 0.2) is 120 Å². The first-order chi connectivity index (χ1) is 16.2. The molecule has 1 N–H and O–H groups in total. The summed E-state index contributed by atoms with van der Waals surface area (Å²) in [6.45, 7) is 0. The lowest BCUT2D eigenvalue weighted by molar-refractivity contribution is 0.215. The summed E-state index contributed by atoms with van der Waals surface area (Å²) in [4.78, 5) is 30.2. The fourth-order valence-corrected chi connectivity index (χ4v) is 4.00. The normalized spacial score (nSPS) is 18.5. The minimum absolute atomic E-state index is 0.468. The van der Waals surface area contributed by atoms with Gasteiger partial charge in [-0.25, -0.2) is 14.5 Å². The van der Waals surface area contributed by atoms with E-state index in [1.807, 2.05) is 72.8 Å². The van der Waals surface area contributed by atoms with Gasteiger partial charge in [-0.3, -0.25) is 4.90 Å². The van der Waals surface area contributed by atoms with Crippen LogP contribution < -0.4 is 15.1 Å². The van der Waals surface area contributed by atoms with Crippen molar-refractivity contribution >= 4 is 29.5 Å². The molecule has 1 aromatic heterocycles. The SMILES string of the molecule is O=C1NC(/C=C/c2ccco2)(c2ccccc2)N(c2ccccc2)C(=O)N1c1ccccc1. The van der Waals surface area contributed by atoms with E-state index in [4.69, 9.17) is 4.42 Å². The highest BCUT2D eigenvalue weighted by Crippen LogP contribution is 2.38. The predicted molar refractivity (Wildman–Crippen MR) is 128 cm³/mol. The molecule has 33 heavy (non-hydrogen) atoms. The van der Waals surface area contributed by atoms with Gasteiger partial charge in [-0.05, 0) is 48.6 Å². The van der Waals surface area contributed by atoms with Gasteiger partial charge in [0.15, 0.2) is 5.66 Å². The molecule has 4 aromatic rings. The Bertz CT molecular complexity index is 1270. The number of carbonyl (C=O) groups is 2. The van der Waals surface area contributed by atoms with Gasteiger partial charge < -0.3 is 9.73 Å². The molecule has 6 nitrogen and oxygen atoms in total. The third-order valence-corrected chi connectivity index (χ3v) is 5.51. The molecule has 1 saturated heterocycles. The molecule has 0 radical (unpaired) electrons. The van der Waals surface area contributed by atoms with E-state index in [-0.39, 0.29) is 0 Å². The second-order valence-electron chi connectivity index (χ2n) is 7.54. The molecule has 3 aromatic carbocycles. The Morgan fingerprint density at radius 1 is 0.727 bits per heavy atom. The second-order valence-corrected chi connectivity index (χ2v) is 7.54. The lowest BCUT2D eigenvalue weighted by Crippen LogP contribution is -2.70. The molecule has 5 rings (SSSR count). The van der Waals surface area contributed by atoms with Crippen LogP contribution in [-0.4, -0.2) is 12.1 Å². The van der Waals surface area contributed by atoms with Crippen molar-refractivity contribution in [1.82, 2.24) is 5.32 Å². The fourth-order valence-electron chi connectivity index (χ4n) is 4.00. The maximum atomic E-state index is 14.0. The van der Waals surface area contributed by atoms with Crippen molar-refractivity contribution < 1.29 is 14.0 Å². The van der Waals surface area contributed by atoms with Crippen molar-refractivity contribution in [3.8, 4) is 0 Å². The zero-order valence-corrected chi connectivity index (χ0v) is 17.7. The Morgan fingerprint density at radius 2 is 1.33 bits per heavy atom. The van der Waals surface area contributed by atoms with Crippen LogP contribution in [0.4, 0.5) is 21.0 Å². The summed E-state index contributed by atoms with van der Waals surface area (Å²) in [5.74, 6) is 0.602. The number of furan rings is 1. The van der Waals surface area contributed by atoms with Crippen molar-refractivity contribution in [1.29, 1.82) is 0 Å². The van der Waals surface area contributed by atoms with Crippen LogP contribution in [0.5, 0.6) is 0 Å².